The normalized spacial score (nSPS) is 15.7. The van der Waals surface area contributed by atoms with Gasteiger partial charge in [-0.25, -0.2) is 4.98 Å². The van der Waals surface area contributed by atoms with Crippen LogP contribution >= 0.6 is 0 Å². The Morgan fingerprint density at radius 2 is 2.33 bits per heavy atom. The van der Waals surface area contributed by atoms with Crippen molar-refractivity contribution in [1.82, 2.24) is 4.98 Å². The van der Waals surface area contributed by atoms with Crippen LogP contribution in [-0.4, -0.2) is 4.98 Å². The SMILES string of the molecule is Cc1cnc(C#N)c(C2CC2)c1. The van der Waals surface area contributed by atoms with E-state index in [2.05, 4.69) is 17.1 Å². The summed E-state index contributed by atoms with van der Waals surface area (Å²) in [6, 6.07) is 4.22. The number of rotatable bonds is 1. The van der Waals surface area contributed by atoms with Gasteiger partial charge in [0, 0.05) is 6.20 Å². The summed E-state index contributed by atoms with van der Waals surface area (Å²) in [6.45, 7) is 2.01. The van der Waals surface area contributed by atoms with Gasteiger partial charge in [0.2, 0.25) is 0 Å². The lowest BCUT2D eigenvalue weighted by Crippen LogP contribution is -1.92. The summed E-state index contributed by atoms with van der Waals surface area (Å²) in [6.07, 6.45) is 4.20. The van der Waals surface area contributed by atoms with Crippen LogP contribution in [0.2, 0.25) is 0 Å². The van der Waals surface area contributed by atoms with Crippen molar-refractivity contribution >= 4 is 0 Å². The monoisotopic (exact) mass is 158 g/mol. The highest BCUT2D eigenvalue weighted by Crippen LogP contribution is 2.41. The third-order valence-electron chi connectivity index (χ3n) is 2.18. The molecule has 2 rings (SSSR count). The minimum absolute atomic E-state index is 0.614. The molecule has 1 heterocycles. The lowest BCUT2D eigenvalue weighted by molar-refractivity contribution is 1.06. The van der Waals surface area contributed by atoms with Gasteiger partial charge in [0.1, 0.15) is 11.8 Å². The van der Waals surface area contributed by atoms with Crippen molar-refractivity contribution in [3.8, 4) is 6.07 Å². The quantitative estimate of drug-likeness (QED) is 0.627. The largest absolute Gasteiger partial charge is 0.245 e. The first-order valence-electron chi connectivity index (χ1n) is 4.18. The molecular formula is C10H10N2. The van der Waals surface area contributed by atoms with Crippen molar-refractivity contribution in [2.75, 3.05) is 0 Å². The van der Waals surface area contributed by atoms with Gasteiger partial charge in [-0.15, -0.1) is 0 Å². The minimum atomic E-state index is 0.614. The Labute approximate surface area is 71.9 Å². The molecule has 60 valence electrons. The standard InChI is InChI=1S/C10H10N2/c1-7-4-9(8-2-3-8)10(5-11)12-6-7/h4,6,8H,2-3H2,1H3. The second-order valence-electron chi connectivity index (χ2n) is 3.34. The molecule has 1 aliphatic rings. The zero-order chi connectivity index (χ0) is 8.55. The Kier molecular flexibility index (Phi) is 1.58. The first kappa shape index (κ1) is 7.30. The average molecular weight is 158 g/mol. The summed E-state index contributed by atoms with van der Waals surface area (Å²) in [5, 5.41) is 8.77. The van der Waals surface area contributed by atoms with E-state index in [1.807, 2.05) is 6.92 Å². The van der Waals surface area contributed by atoms with E-state index in [0.29, 0.717) is 11.6 Å². The van der Waals surface area contributed by atoms with Crippen molar-refractivity contribution in [3.05, 3.63) is 29.1 Å². The average Bonchev–Trinajstić information content (AvgIpc) is 2.87. The fourth-order valence-electron chi connectivity index (χ4n) is 1.39. The van der Waals surface area contributed by atoms with Crippen molar-refractivity contribution < 1.29 is 0 Å². The summed E-state index contributed by atoms with van der Waals surface area (Å²) in [4.78, 5) is 4.10. The summed E-state index contributed by atoms with van der Waals surface area (Å²) in [5.41, 5.74) is 2.91. The van der Waals surface area contributed by atoms with Crippen LogP contribution < -0.4 is 0 Å². The van der Waals surface area contributed by atoms with Crippen LogP contribution in [-0.2, 0) is 0 Å². The maximum Gasteiger partial charge on any atom is 0.143 e. The van der Waals surface area contributed by atoms with E-state index in [9.17, 15) is 0 Å². The van der Waals surface area contributed by atoms with Crippen molar-refractivity contribution in [1.29, 1.82) is 5.26 Å². The van der Waals surface area contributed by atoms with Crippen LogP contribution in [0, 0.1) is 18.3 Å². The molecular weight excluding hydrogens is 148 g/mol. The number of pyridine rings is 1. The van der Waals surface area contributed by atoms with E-state index >= 15 is 0 Å². The summed E-state index contributed by atoms with van der Waals surface area (Å²) in [7, 11) is 0. The van der Waals surface area contributed by atoms with Gasteiger partial charge in [-0.05, 0) is 36.8 Å². The zero-order valence-electron chi connectivity index (χ0n) is 7.04. The molecule has 0 bridgehead atoms. The van der Waals surface area contributed by atoms with Gasteiger partial charge in [0.25, 0.3) is 0 Å². The molecule has 0 saturated heterocycles. The van der Waals surface area contributed by atoms with Gasteiger partial charge in [-0.3, -0.25) is 0 Å². The fourth-order valence-corrected chi connectivity index (χ4v) is 1.39. The number of nitrogens with zero attached hydrogens (tertiary/aromatic N) is 2. The molecule has 0 atom stereocenters. The van der Waals surface area contributed by atoms with Crippen LogP contribution in [0.3, 0.4) is 0 Å². The van der Waals surface area contributed by atoms with Gasteiger partial charge < -0.3 is 0 Å². The Morgan fingerprint density at radius 1 is 1.58 bits per heavy atom. The lowest BCUT2D eigenvalue weighted by Gasteiger charge is -2.00. The summed E-state index contributed by atoms with van der Waals surface area (Å²) in [5.74, 6) is 0.618. The van der Waals surface area contributed by atoms with Crippen LogP contribution in [0.1, 0.15) is 35.6 Å². The van der Waals surface area contributed by atoms with Crippen molar-refractivity contribution in [3.63, 3.8) is 0 Å². The predicted molar refractivity (Wildman–Crippen MR) is 45.7 cm³/mol. The highest BCUT2D eigenvalue weighted by atomic mass is 14.7. The number of hydrogen-bond donors (Lipinski definition) is 0. The van der Waals surface area contributed by atoms with Gasteiger partial charge in [-0.2, -0.15) is 5.26 Å². The second-order valence-corrected chi connectivity index (χ2v) is 3.34. The van der Waals surface area contributed by atoms with E-state index < -0.39 is 0 Å². The highest BCUT2D eigenvalue weighted by molar-refractivity contribution is 5.38. The lowest BCUT2D eigenvalue weighted by atomic mass is 10.1. The predicted octanol–water partition coefficient (Wildman–Crippen LogP) is 2.14. The number of aryl methyl sites for hydroxylation is 1. The molecule has 1 saturated carbocycles. The van der Waals surface area contributed by atoms with E-state index in [1.165, 1.54) is 12.8 Å². The van der Waals surface area contributed by atoms with Crippen LogP contribution in [0.4, 0.5) is 0 Å². The zero-order valence-corrected chi connectivity index (χ0v) is 7.04. The minimum Gasteiger partial charge on any atom is -0.245 e. The molecule has 1 aromatic rings. The van der Waals surface area contributed by atoms with E-state index in [1.54, 1.807) is 6.20 Å². The molecule has 0 aromatic carbocycles. The smallest absolute Gasteiger partial charge is 0.143 e. The van der Waals surface area contributed by atoms with Crippen LogP contribution in [0.5, 0.6) is 0 Å². The molecule has 2 nitrogen and oxygen atoms in total. The molecule has 0 unspecified atom stereocenters. The molecule has 1 fully saturated rings. The third kappa shape index (κ3) is 1.18. The number of nitriles is 1. The van der Waals surface area contributed by atoms with Crippen LogP contribution in [0.15, 0.2) is 12.3 Å². The molecule has 1 aliphatic carbocycles. The molecule has 0 amide bonds. The Balaban J connectivity index is 2.48. The van der Waals surface area contributed by atoms with E-state index in [0.717, 1.165) is 11.1 Å². The first-order chi connectivity index (χ1) is 5.81. The van der Waals surface area contributed by atoms with Gasteiger partial charge in [0.05, 0.1) is 0 Å². The Morgan fingerprint density at radius 3 is 2.92 bits per heavy atom. The first-order valence-corrected chi connectivity index (χ1v) is 4.18. The molecule has 0 spiro atoms. The molecule has 2 heteroatoms. The van der Waals surface area contributed by atoms with Gasteiger partial charge in [0.15, 0.2) is 0 Å². The maximum absolute atomic E-state index is 8.77. The molecule has 12 heavy (non-hydrogen) atoms. The Hall–Kier alpha value is -1.36. The molecule has 0 N–H and O–H groups in total. The molecule has 0 radical (unpaired) electrons. The van der Waals surface area contributed by atoms with E-state index in [-0.39, 0.29) is 0 Å². The molecule has 0 aliphatic heterocycles. The van der Waals surface area contributed by atoms with Crippen molar-refractivity contribution in [2.24, 2.45) is 0 Å². The summed E-state index contributed by atoms with van der Waals surface area (Å²) >= 11 is 0. The Bertz CT molecular complexity index is 345. The highest BCUT2D eigenvalue weighted by Gasteiger charge is 2.26. The van der Waals surface area contributed by atoms with Crippen molar-refractivity contribution in [2.45, 2.75) is 25.7 Å². The number of aromatic nitrogens is 1. The van der Waals surface area contributed by atoms with Crippen LogP contribution in [0.25, 0.3) is 0 Å². The second kappa shape index (κ2) is 2.60. The fraction of sp³-hybridized carbons (Fsp3) is 0.400. The number of hydrogen-bond acceptors (Lipinski definition) is 2. The molecule has 1 aromatic heterocycles. The van der Waals surface area contributed by atoms with Gasteiger partial charge >= 0.3 is 0 Å². The maximum atomic E-state index is 8.77. The van der Waals surface area contributed by atoms with E-state index in [4.69, 9.17) is 5.26 Å². The van der Waals surface area contributed by atoms with Gasteiger partial charge in [-0.1, -0.05) is 6.07 Å². The third-order valence-corrected chi connectivity index (χ3v) is 2.18. The summed E-state index contributed by atoms with van der Waals surface area (Å²) < 4.78 is 0. The topological polar surface area (TPSA) is 36.7 Å².